The first-order valence-electron chi connectivity index (χ1n) is 8.04. The lowest BCUT2D eigenvalue weighted by atomic mass is 9.93. The molecule has 0 atom stereocenters. The van der Waals surface area contributed by atoms with Gasteiger partial charge in [-0.3, -0.25) is 4.90 Å². The smallest absolute Gasteiger partial charge is 0.293 e. The molecule has 1 heterocycles. The van der Waals surface area contributed by atoms with Crippen molar-refractivity contribution in [3.8, 4) is 0 Å². The summed E-state index contributed by atoms with van der Waals surface area (Å²) in [5.74, 6) is -36.6. The molecule has 0 aliphatic carbocycles. The van der Waals surface area contributed by atoms with E-state index in [1.165, 1.54) is 12.1 Å². The second-order valence-electron chi connectivity index (χ2n) is 6.73. The maximum Gasteiger partial charge on any atom is 0.460 e. The highest BCUT2D eigenvalue weighted by atomic mass is 19.4. The first-order valence-corrected chi connectivity index (χ1v) is 8.04. The standard InChI is InChI=1S/C16H12F13N/c17-11(18,8-30-6-5-9-3-1-2-4-10(9)7-30)12(19,20)13(21,22)14(23,24)15(25,26)16(27,28)29/h1-4H,5-8H2. The molecule has 14 heteroatoms. The predicted molar refractivity (Wildman–Crippen MR) is 76.2 cm³/mol. The van der Waals surface area contributed by atoms with Gasteiger partial charge in [0.2, 0.25) is 0 Å². The van der Waals surface area contributed by atoms with Crippen LogP contribution in [0.4, 0.5) is 57.1 Å². The van der Waals surface area contributed by atoms with E-state index in [4.69, 9.17) is 0 Å². The predicted octanol–water partition coefficient (Wildman–Crippen LogP) is 5.78. The van der Waals surface area contributed by atoms with Gasteiger partial charge in [-0.05, 0) is 17.5 Å². The molecule has 0 spiro atoms. The maximum absolute atomic E-state index is 13.9. The van der Waals surface area contributed by atoms with Crippen molar-refractivity contribution in [2.24, 2.45) is 0 Å². The van der Waals surface area contributed by atoms with Crippen molar-refractivity contribution in [3.05, 3.63) is 35.4 Å². The lowest BCUT2D eigenvalue weighted by molar-refractivity contribution is -0.440. The molecule has 0 N–H and O–H groups in total. The van der Waals surface area contributed by atoms with Gasteiger partial charge in [0.25, 0.3) is 0 Å². The summed E-state index contributed by atoms with van der Waals surface area (Å²) < 4.78 is 171. The number of fused-ring (bicyclic) bond motifs is 1. The molecule has 0 amide bonds. The molecule has 2 rings (SSSR count). The van der Waals surface area contributed by atoms with Crippen LogP contribution in [0.3, 0.4) is 0 Å². The van der Waals surface area contributed by atoms with E-state index in [9.17, 15) is 57.1 Å². The van der Waals surface area contributed by atoms with Crippen molar-refractivity contribution in [2.75, 3.05) is 13.1 Å². The number of rotatable bonds is 6. The van der Waals surface area contributed by atoms with Gasteiger partial charge in [0, 0.05) is 13.1 Å². The van der Waals surface area contributed by atoms with Gasteiger partial charge in [-0.15, -0.1) is 0 Å². The highest BCUT2D eigenvalue weighted by molar-refractivity contribution is 5.29. The third kappa shape index (κ3) is 3.60. The molecule has 0 bridgehead atoms. The van der Waals surface area contributed by atoms with Crippen LogP contribution < -0.4 is 0 Å². The molecule has 0 saturated carbocycles. The highest BCUT2D eigenvalue weighted by Crippen LogP contribution is 2.60. The molecule has 0 fully saturated rings. The Hall–Kier alpha value is -1.73. The van der Waals surface area contributed by atoms with Gasteiger partial charge in [-0.25, -0.2) is 0 Å². The third-order valence-electron chi connectivity index (χ3n) is 4.63. The maximum atomic E-state index is 13.9. The molecule has 0 aromatic heterocycles. The van der Waals surface area contributed by atoms with E-state index in [1.54, 1.807) is 12.1 Å². The Morgan fingerprint density at radius 1 is 0.633 bits per heavy atom. The Morgan fingerprint density at radius 3 is 1.60 bits per heavy atom. The van der Waals surface area contributed by atoms with Crippen LogP contribution in [0.25, 0.3) is 0 Å². The molecule has 172 valence electrons. The van der Waals surface area contributed by atoms with Crippen LogP contribution in [-0.4, -0.2) is 53.8 Å². The van der Waals surface area contributed by atoms with Crippen LogP contribution in [0.2, 0.25) is 0 Å². The second-order valence-corrected chi connectivity index (χ2v) is 6.73. The summed E-state index contributed by atoms with van der Waals surface area (Å²) in [7, 11) is 0. The van der Waals surface area contributed by atoms with Crippen molar-refractivity contribution in [1.82, 2.24) is 4.90 Å². The molecule has 0 saturated heterocycles. The minimum atomic E-state index is -7.86. The molecule has 0 unspecified atom stereocenters. The number of hydrogen-bond donors (Lipinski definition) is 0. The van der Waals surface area contributed by atoms with E-state index in [2.05, 4.69) is 0 Å². The number of hydrogen-bond acceptors (Lipinski definition) is 1. The summed E-state index contributed by atoms with van der Waals surface area (Å²) in [4.78, 5) is 0.479. The molecule has 1 aromatic carbocycles. The number of nitrogens with zero attached hydrogens (tertiary/aromatic N) is 1. The summed E-state index contributed by atoms with van der Waals surface area (Å²) >= 11 is 0. The molecule has 1 aliphatic heterocycles. The van der Waals surface area contributed by atoms with Crippen molar-refractivity contribution in [1.29, 1.82) is 0 Å². The van der Waals surface area contributed by atoms with Crippen molar-refractivity contribution >= 4 is 0 Å². The lowest BCUT2D eigenvalue weighted by Gasteiger charge is -2.41. The van der Waals surface area contributed by atoms with Crippen LogP contribution in [-0.2, 0) is 13.0 Å². The first kappa shape index (κ1) is 24.5. The average molecular weight is 465 g/mol. The van der Waals surface area contributed by atoms with Crippen LogP contribution in [0.1, 0.15) is 11.1 Å². The van der Waals surface area contributed by atoms with Crippen LogP contribution in [0.5, 0.6) is 0 Å². The zero-order valence-electron chi connectivity index (χ0n) is 14.5. The van der Waals surface area contributed by atoms with Gasteiger partial charge in [0.05, 0.1) is 6.54 Å². The van der Waals surface area contributed by atoms with Gasteiger partial charge < -0.3 is 0 Å². The van der Waals surface area contributed by atoms with E-state index in [0.29, 0.717) is 16.0 Å². The van der Waals surface area contributed by atoms with E-state index in [1.807, 2.05) is 0 Å². The van der Waals surface area contributed by atoms with Gasteiger partial charge in [-0.1, -0.05) is 24.3 Å². The summed E-state index contributed by atoms with van der Waals surface area (Å²) in [6, 6.07) is 5.97. The van der Waals surface area contributed by atoms with E-state index >= 15 is 0 Å². The quantitative estimate of drug-likeness (QED) is 0.482. The molecule has 30 heavy (non-hydrogen) atoms. The molecule has 1 aliphatic rings. The fourth-order valence-electron chi connectivity index (χ4n) is 2.87. The summed E-state index contributed by atoms with van der Waals surface area (Å²) in [5, 5.41) is 0. The largest absolute Gasteiger partial charge is 0.460 e. The molecule has 1 aromatic rings. The van der Waals surface area contributed by atoms with Gasteiger partial charge in [0.15, 0.2) is 0 Å². The van der Waals surface area contributed by atoms with Crippen molar-refractivity contribution < 1.29 is 57.1 Å². The Balaban J connectivity index is 2.33. The Kier molecular flexibility index (Phi) is 5.86. The Morgan fingerprint density at radius 2 is 1.10 bits per heavy atom. The van der Waals surface area contributed by atoms with Gasteiger partial charge in [-0.2, -0.15) is 57.1 Å². The molecule has 1 nitrogen and oxygen atoms in total. The minimum absolute atomic E-state index is 0.00345. The number of benzene rings is 1. The van der Waals surface area contributed by atoms with Crippen LogP contribution in [0.15, 0.2) is 24.3 Å². The third-order valence-corrected chi connectivity index (χ3v) is 4.63. The Labute approximate surface area is 160 Å². The number of alkyl halides is 13. The lowest BCUT2D eigenvalue weighted by Crippen LogP contribution is -2.71. The van der Waals surface area contributed by atoms with Crippen molar-refractivity contribution in [2.45, 2.75) is 48.8 Å². The van der Waals surface area contributed by atoms with E-state index in [-0.39, 0.29) is 6.42 Å². The molecular formula is C16H12F13N. The molecule has 0 radical (unpaired) electrons. The van der Waals surface area contributed by atoms with Crippen LogP contribution >= 0.6 is 0 Å². The molecular weight excluding hydrogens is 453 g/mol. The zero-order chi connectivity index (χ0) is 23.4. The number of halogens is 13. The van der Waals surface area contributed by atoms with Gasteiger partial charge in [0.1, 0.15) is 0 Å². The van der Waals surface area contributed by atoms with Crippen molar-refractivity contribution in [3.63, 3.8) is 0 Å². The fraction of sp³-hybridized carbons (Fsp3) is 0.625. The first-order chi connectivity index (χ1) is 13.3. The average Bonchev–Trinajstić information content (AvgIpc) is 2.59. The SMILES string of the molecule is FC(F)(F)C(F)(F)C(F)(F)C(F)(F)C(F)(F)C(F)(F)CN1CCc2ccccc2C1. The van der Waals surface area contributed by atoms with Gasteiger partial charge >= 0.3 is 35.8 Å². The fourth-order valence-corrected chi connectivity index (χ4v) is 2.87. The van der Waals surface area contributed by atoms with Crippen LogP contribution in [0, 0.1) is 0 Å². The van der Waals surface area contributed by atoms with E-state index in [0.717, 1.165) is 0 Å². The highest BCUT2D eigenvalue weighted by Gasteiger charge is 2.90. The second kappa shape index (κ2) is 7.16. The monoisotopic (exact) mass is 465 g/mol. The topological polar surface area (TPSA) is 3.24 Å². The summed E-state index contributed by atoms with van der Waals surface area (Å²) in [6.45, 7) is -3.16. The normalized spacial score (nSPS) is 17.8. The Bertz CT molecular complexity index is 769. The zero-order valence-corrected chi connectivity index (χ0v) is 14.5. The van der Waals surface area contributed by atoms with E-state index < -0.39 is 55.4 Å². The summed E-state index contributed by atoms with van der Waals surface area (Å²) in [6.07, 6.45) is -7.40. The summed E-state index contributed by atoms with van der Waals surface area (Å²) in [5.41, 5.74) is 0.953. The minimum Gasteiger partial charge on any atom is -0.293 e.